The number of carboxylic acid groups (broad SMARTS) is 1. The van der Waals surface area contributed by atoms with Crippen molar-refractivity contribution >= 4 is 23.6 Å². The van der Waals surface area contributed by atoms with Crippen LogP contribution in [0.3, 0.4) is 0 Å². The molecule has 1 atom stereocenters. The normalized spacial score (nSPS) is 27.0. The van der Waals surface area contributed by atoms with E-state index in [-0.39, 0.29) is 11.8 Å². The Morgan fingerprint density at radius 2 is 1.88 bits per heavy atom. The Bertz CT molecular complexity index is 289. The van der Waals surface area contributed by atoms with E-state index in [4.69, 9.17) is 5.11 Å². The Balaban J connectivity index is 1.99. The molecule has 2 aliphatic heterocycles. The van der Waals surface area contributed by atoms with Gasteiger partial charge in [0.05, 0.1) is 0 Å². The molecule has 1 amide bonds. The van der Waals surface area contributed by atoms with Gasteiger partial charge in [-0.25, -0.2) is 4.79 Å². The van der Waals surface area contributed by atoms with Gasteiger partial charge in [0, 0.05) is 12.5 Å². The second-order valence-corrected chi connectivity index (χ2v) is 5.64. The van der Waals surface area contributed by atoms with Crippen molar-refractivity contribution in [2.75, 3.05) is 18.1 Å². The molecule has 2 fully saturated rings. The lowest BCUT2D eigenvalue weighted by Gasteiger charge is -2.28. The minimum atomic E-state index is -0.851. The fraction of sp³-hybridized carbons (Fsp3) is 0.818. The molecule has 0 aromatic heterocycles. The van der Waals surface area contributed by atoms with Gasteiger partial charge in [-0.05, 0) is 37.2 Å². The lowest BCUT2D eigenvalue weighted by Crippen LogP contribution is -2.44. The summed E-state index contributed by atoms with van der Waals surface area (Å²) in [6.07, 6.45) is 3.26. The molecule has 0 aliphatic carbocycles. The van der Waals surface area contributed by atoms with Crippen molar-refractivity contribution in [1.82, 2.24) is 4.90 Å². The molecular weight excluding hydrogens is 226 g/mol. The first-order valence-corrected chi connectivity index (χ1v) is 6.96. The molecule has 2 heterocycles. The number of carbonyl (C=O) groups is 2. The van der Waals surface area contributed by atoms with E-state index >= 15 is 0 Å². The highest BCUT2D eigenvalue weighted by atomic mass is 32.2. The number of amides is 1. The van der Waals surface area contributed by atoms with Crippen LogP contribution in [0.4, 0.5) is 0 Å². The molecule has 2 rings (SSSR count). The predicted molar refractivity (Wildman–Crippen MR) is 62.4 cm³/mol. The van der Waals surface area contributed by atoms with Gasteiger partial charge in [0.1, 0.15) is 6.04 Å². The first-order valence-electron chi connectivity index (χ1n) is 5.81. The maximum absolute atomic E-state index is 12.2. The first-order chi connectivity index (χ1) is 7.70. The molecule has 90 valence electrons. The fourth-order valence-electron chi connectivity index (χ4n) is 2.47. The summed E-state index contributed by atoms with van der Waals surface area (Å²) in [4.78, 5) is 24.8. The minimum absolute atomic E-state index is 0.0706. The first kappa shape index (κ1) is 11.8. The van der Waals surface area contributed by atoms with Gasteiger partial charge in [-0.1, -0.05) is 0 Å². The molecule has 0 aromatic rings. The maximum atomic E-state index is 12.2. The molecule has 2 aliphatic rings. The monoisotopic (exact) mass is 243 g/mol. The zero-order valence-electron chi connectivity index (χ0n) is 9.22. The SMILES string of the molecule is O=C(O)C1CCCN1C(=O)C1CCSCC1. The van der Waals surface area contributed by atoms with Gasteiger partial charge >= 0.3 is 5.97 Å². The van der Waals surface area contributed by atoms with Crippen LogP contribution in [0, 0.1) is 5.92 Å². The van der Waals surface area contributed by atoms with Crippen LogP contribution in [0.15, 0.2) is 0 Å². The van der Waals surface area contributed by atoms with E-state index in [2.05, 4.69) is 0 Å². The predicted octanol–water partition coefficient (Wildman–Crippen LogP) is 1.21. The van der Waals surface area contributed by atoms with Gasteiger partial charge in [-0.15, -0.1) is 0 Å². The molecule has 0 spiro atoms. The van der Waals surface area contributed by atoms with Gasteiger partial charge in [-0.2, -0.15) is 11.8 Å². The van der Waals surface area contributed by atoms with Crippen LogP contribution in [0.5, 0.6) is 0 Å². The van der Waals surface area contributed by atoms with E-state index in [0.717, 1.165) is 30.8 Å². The van der Waals surface area contributed by atoms with E-state index in [1.165, 1.54) is 0 Å². The number of aliphatic carboxylic acids is 1. The summed E-state index contributed by atoms with van der Waals surface area (Å²) in [7, 11) is 0. The van der Waals surface area contributed by atoms with Crippen LogP contribution in [0.25, 0.3) is 0 Å². The average molecular weight is 243 g/mol. The Hall–Kier alpha value is -0.710. The molecular formula is C11H17NO3S. The van der Waals surface area contributed by atoms with Crippen LogP contribution >= 0.6 is 11.8 Å². The molecule has 1 N–H and O–H groups in total. The van der Waals surface area contributed by atoms with Crippen LogP contribution in [0.2, 0.25) is 0 Å². The summed E-state index contributed by atoms with van der Waals surface area (Å²) in [5.41, 5.74) is 0. The number of carboxylic acids is 1. The largest absolute Gasteiger partial charge is 0.480 e. The van der Waals surface area contributed by atoms with Gasteiger partial charge in [0.2, 0.25) is 5.91 Å². The van der Waals surface area contributed by atoms with Crippen molar-refractivity contribution in [2.24, 2.45) is 5.92 Å². The molecule has 0 bridgehead atoms. The van der Waals surface area contributed by atoms with Crippen LogP contribution in [0.1, 0.15) is 25.7 Å². The Kier molecular flexibility index (Phi) is 3.74. The standard InChI is InChI=1S/C11H17NO3S/c13-10(8-3-6-16-7-4-8)12-5-1-2-9(12)11(14)15/h8-9H,1-7H2,(H,14,15). The Morgan fingerprint density at radius 1 is 1.19 bits per heavy atom. The highest BCUT2D eigenvalue weighted by Gasteiger charge is 2.37. The number of thioether (sulfide) groups is 1. The summed E-state index contributed by atoms with van der Waals surface area (Å²) >= 11 is 1.88. The van der Waals surface area contributed by atoms with Crippen LogP contribution in [-0.4, -0.2) is 46.0 Å². The van der Waals surface area contributed by atoms with Crippen LogP contribution < -0.4 is 0 Å². The number of nitrogens with zero attached hydrogens (tertiary/aromatic N) is 1. The highest BCUT2D eigenvalue weighted by Crippen LogP contribution is 2.27. The molecule has 1 unspecified atom stereocenters. The number of rotatable bonds is 2. The zero-order chi connectivity index (χ0) is 11.5. The molecule has 0 aromatic carbocycles. The lowest BCUT2D eigenvalue weighted by molar-refractivity contribution is -0.150. The molecule has 2 saturated heterocycles. The van der Waals surface area contributed by atoms with Crippen LogP contribution in [-0.2, 0) is 9.59 Å². The summed E-state index contributed by atoms with van der Waals surface area (Å²) in [5.74, 6) is 1.35. The second-order valence-electron chi connectivity index (χ2n) is 4.41. The maximum Gasteiger partial charge on any atom is 0.326 e. The van der Waals surface area contributed by atoms with Crippen molar-refractivity contribution in [1.29, 1.82) is 0 Å². The quantitative estimate of drug-likeness (QED) is 0.792. The summed E-state index contributed by atoms with van der Waals surface area (Å²) in [5, 5.41) is 9.03. The zero-order valence-corrected chi connectivity index (χ0v) is 10.0. The Labute approximate surface area is 99.4 Å². The molecule has 0 radical (unpaired) electrons. The summed E-state index contributed by atoms with van der Waals surface area (Å²) in [6, 6.07) is -0.568. The number of hydrogen-bond donors (Lipinski definition) is 1. The van der Waals surface area contributed by atoms with Gasteiger partial charge in [-0.3, -0.25) is 4.79 Å². The van der Waals surface area contributed by atoms with Crippen molar-refractivity contribution in [3.63, 3.8) is 0 Å². The molecule has 5 heteroatoms. The third kappa shape index (κ3) is 2.34. The molecule has 16 heavy (non-hydrogen) atoms. The van der Waals surface area contributed by atoms with E-state index < -0.39 is 12.0 Å². The fourth-order valence-corrected chi connectivity index (χ4v) is 3.57. The average Bonchev–Trinajstić information content (AvgIpc) is 2.78. The van der Waals surface area contributed by atoms with Crippen molar-refractivity contribution in [2.45, 2.75) is 31.7 Å². The van der Waals surface area contributed by atoms with E-state index in [9.17, 15) is 9.59 Å². The van der Waals surface area contributed by atoms with Crippen molar-refractivity contribution in [3.05, 3.63) is 0 Å². The van der Waals surface area contributed by atoms with E-state index in [1.807, 2.05) is 11.8 Å². The summed E-state index contributed by atoms with van der Waals surface area (Å²) < 4.78 is 0. The van der Waals surface area contributed by atoms with E-state index in [1.54, 1.807) is 4.90 Å². The number of carbonyl (C=O) groups excluding carboxylic acids is 1. The minimum Gasteiger partial charge on any atom is -0.480 e. The smallest absolute Gasteiger partial charge is 0.326 e. The highest BCUT2D eigenvalue weighted by molar-refractivity contribution is 7.99. The summed E-state index contributed by atoms with van der Waals surface area (Å²) in [6.45, 7) is 0.624. The van der Waals surface area contributed by atoms with Crippen molar-refractivity contribution < 1.29 is 14.7 Å². The third-order valence-electron chi connectivity index (χ3n) is 3.39. The number of hydrogen-bond acceptors (Lipinski definition) is 3. The van der Waals surface area contributed by atoms with Gasteiger partial charge in [0.25, 0.3) is 0 Å². The topological polar surface area (TPSA) is 57.6 Å². The third-order valence-corrected chi connectivity index (χ3v) is 4.44. The van der Waals surface area contributed by atoms with Gasteiger partial charge < -0.3 is 10.0 Å². The number of likely N-dealkylation sites (tertiary alicyclic amines) is 1. The Morgan fingerprint density at radius 3 is 2.50 bits per heavy atom. The second kappa shape index (κ2) is 5.08. The molecule has 4 nitrogen and oxygen atoms in total. The lowest BCUT2D eigenvalue weighted by atomic mass is 10.0. The van der Waals surface area contributed by atoms with Gasteiger partial charge in [0.15, 0.2) is 0 Å². The van der Waals surface area contributed by atoms with Crippen molar-refractivity contribution in [3.8, 4) is 0 Å². The van der Waals surface area contributed by atoms with E-state index in [0.29, 0.717) is 13.0 Å². The molecule has 0 saturated carbocycles.